The van der Waals surface area contributed by atoms with Gasteiger partial charge in [-0.1, -0.05) is 0 Å². The van der Waals surface area contributed by atoms with Gasteiger partial charge in [0.15, 0.2) is 0 Å². The zero-order valence-corrected chi connectivity index (χ0v) is 14.2. The Morgan fingerprint density at radius 3 is 1.44 bits per heavy atom. The molecule has 101 valence electrons. The minimum absolute atomic E-state index is 0. The predicted molar refractivity (Wildman–Crippen MR) is 75.3 cm³/mol. The van der Waals surface area contributed by atoms with Crippen LogP contribution >= 0.6 is 24.8 Å². The van der Waals surface area contributed by atoms with E-state index >= 15 is 0 Å². The molecule has 1 rings (SSSR count). The van der Waals surface area contributed by atoms with Crippen molar-refractivity contribution in [2.45, 2.75) is 20.9 Å². The monoisotopic (exact) mass is 308 g/mol. The minimum atomic E-state index is -2.21. The summed E-state index contributed by atoms with van der Waals surface area (Å²) >= 11 is -2.21. The Kier molecular flexibility index (Phi) is 9.24. The molecule has 1 aliphatic heterocycles. The van der Waals surface area contributed by atoms with E-state index in [1.54, 1.807) is 0 Å². The molecule has 0 aromatic heterocycles. The normalized spacial score (nSPS) is 22.4. The molecule has 2 N–H and O–H groups in total. The third-order valence-electron chi connectivity index (χ3n) is 2.86. The maximum absolute atomic E-state index is 3.47. The van der Waals surface area contributed by atoms with E-state index in [4.69, 9.17) is 0 Å². The Balaban J connectivity index is 0. The first-order chi connectivity index (χ1) is 6.36. The van der Waals surface area contributed by atoms with Crippen LogP contribution in [0.4, 0.5) is 0 Å². The molecule has 6 heteroatoms. The summed E-state index contributed by atoms with van der Waals surface area (Å²) in [5.41, 5.74) is 0. The van der Waals surface area contributed by atoms with Crippen molar-refractivity contribution in [3.8, 4) is 0 Å². The van der Waals surface area contributed by atoms with Gasteiger partial charge in [0.2, 0.25) is 0 Å². The van der Waals surface area contributed by atoms with Crippen LogP contribution in [0, 0.1) is 0 Å². The molecule has 0 spiro atoms. The number of hydrogen-bond acceptors (Lipinski definition) is 3. The molecule has 0 saturated carbocycles. The molecule has 1 fully saturated rings. The van der Waals surface area contributed by atoms with Gasteiger partial charge >= 0.3 is 89.8 Å². The second-order valence-electron chi connectivity index (χ2n) is 6.38. The summed E-state index contributed by atoms with van der Waals surface area (Å²) in [7, 11) is 0. The molecule has 0 atom stereocenters. The second-order valence-corrected chi connectivity index (χ2v) is 19.5. The molecule has 0 aromatic rings. The van der Waals surface area contributed by atoms with Gasteiger partial charge in [-0.25, -0.2) is 0 Å². The van der Waals surface area contributed by atoms with Crippen LogP contribution in [0.25, 0.3) is 0 Å². The van der Waals surface area contributed by atoms with Crippen LogP contribution in [-0.2, 0) is 15.6 Å². The Morgan fingerprint density at radius 1 is 0.750 bits per heavy atom. The summed E-state index contributed by atoms with van der Waals surface area (Å²) in [6.45, 7) is 6.95. The van der Waals surface area contributed by atoms with Crippen LogP contribution in [0.1, 0.15) is 0 Å². The van der Waals surface area contributed by atoms with Crippen molar-refractivity contribution in [3.05, 3.63) is 0 Å². The molecular weight excluding hydrogens is 281 g/mol. The van der Waals surface area contributed by atoms with Crippen molar-refractivity contribution >= 4 is 24.8 Å². The standard InChI is InChI=1S/C6H14N3.4CH3.2ClH.Ti/c1-2-8-5-6-9-4-3-7-1;;;;;;;/h7-8H,1-6H2;4*1H3;2*1H;/q-1;;;;;;;+1. The van der Waals surface area contributed by atoms with E-state index in [9.17, 15) is 0 Å². The SMILES string of the molecule is Cl.Cl.[CH3][Ti]([CH3])([CH3])([CH3])[N]1CCNCCNCC1. The van der Waals surface area contributed by atoms with Gasteiger partial charge in [-0.3, -0.25) is 0 Å². The van der Waals surface area contributed by atoms with Crippen molar-refractivity contribution in [2.75, 3.05) is 39.3 Å². The summed E-state index contributed by atoms with van der Waals surface area (Å²) in [5.74, 6) is 0. The van der Waals surface area contributed by atoms with E-state index < -0.39 is 15.6 Å². The quantitative estimate of drug-likeness (QED) is 0.727. The summed E-state index contributed by atoms with van der Waals surface area (Å²) in [4.78, 5) is 0. The van der Waals surface area contributed by atoms with Gasteiger partial charge in [0.05, 0.1) is 0 Å². The van der Waals surface area contributed by atoms with Crippen molar-refractivity contribution in [1.82, 2.24) is 14.0 Å². The van der Waals surface area contributed by atoms with Crippen LogP contribution < -0.4 is 10.6 Å². The first kappa shape index (κ1) is 19.5. The molecule has 3 nitrogen and oxygen atoms in total. The first-order valence-corrected chi connectivity index (χ1v) is 12.7. The number of nitrogens with zero attached hydrogens (tertiary/aromatic N) is 1. The van der Waals surface area contributed by atoms with Crippen LogP contribution in [0.15, 0.2) is 0 Å². The summed E-state index contributed by atoms with van der Waals surface area (Å²) < 4.78 is 2.74. The molecule has 0 aromatic carbocycles. The number of halogens is 2. The van der Waals surface area contributed by atoms with Gasteiger partial charge in [0.1, 0.15) is 0 Å². The number of nitrogens with one attached hydrogen (secondary N) is 2. The topological polar surface area (TPSA) is 27.3 Å². The summed E-state index contributed by atoms with van der Waals surface area (Å²) in [6.07, 6.45) is 0. The van der Waals surface area contributed by atoms with Crippen LogP contribution in [0.3, 0.4) is 0 Å². The summed E-state index contributed by atoms with van der Waals surface area (Å²) in [5, 5.41) is 16.9. The number of hydrogen-bond donors (Lipinski definition) is 2. The van der Waals surface area contributed by atoms with Crippen molar-refractivity contribution < 1.29 is 15.6 Å². The van der Waals surface area contributed by atoms with E-state index in [1.165, 1.54) is 13.1 Å². The molecular formula is C10H28Cl2N3Ti. The third kappa shape index (κ3) is 7.49. The Hall–Kier alpha value is 1.17. The van der Waals surface area contributed by atoms with E-state index in [0.29, 0.717) is 0 Å². The fraction of sp³-hybridized carbons (Fsp3) is 1.00. The molecule has 1 aliphatic rings. The molecule has 1 saturated heterocycles. The van der Waals surface area contributed by atoms with Gasteiger partial charge in [0.25, 0.3) is 0 Å². The number of rotatable bonds is 1. The van der Waals surface area contributed by atoms with Gasteiger partial charge in [-0.15, -0.1) is 24.8 Å². The zero-order valence-electron chi connectivity index (χ0n) is 11.0. The Bertz CT molecular complexity index is 175. The molecule has 16 heavy (non-hydrogen) atoms. The third-order valence-corrected chi connectivity index (χ3v) is 7.51. The van der Waals surface area contributed by atoms with Crippen LogP contribution in [-0.4, -0.2) is 42.7 Å². The van der Waals surface area contributed by atoms with Crippen LogP contribution in [0.2, 0.25) is 20.9 Å². The average molecular weight is 309 g/mol. The molecule has 0 amide bonds. The Labute approximate surface area is 114 Å². The van der Waals surface area contributed by atoms with Gasteiger partial charge < -0.3 is 0 Å². The van der Waals surface area contributed by atoms with Crippen molar-refractivity contribution in [3.63, 3.8) is 0 Å². The van der Waals surface area contributed by atoms with Crippen molar-refractivity contribution in [1.29, 1.82) is 0 Å². The zero-order chi connectivity index (χ0) is 10.7. The van der Waals surface area contributed by atoms with E-state index in [0.717, 1.165) is 26.2 Å². The molecule has 1 heterocycles. The van der Waals surface area contributed by atoms with Crippen LogP contribution in [0.5, 0.6) is 0 Å². The van der Waals surface area contributed by atoms with Gasteiger partial charge in [-0.05, 0) is 0 Å². The first-order valence-electron chi connectivity index (χ1n) is 5.77. The van der Waals surface area contributed by atoms with Crippen molar-refractivity contribution in [2.24, 2.45) is 0 Å². The maximum atomic E-state index is 3.47. The fourth-order valence-corrected chi connectivity index (χ4v) is 5.00. The molecule has 0 aliphatic carbocycles. The fourth-order valence-electron chi connectivity index (χ4n) is 1.86. The molecule has 0 radical (unpaired) electrons. The molecule has 0 unspecified atom stereocenters. The van der Waals surface area contributed by atoms with E-state index in [1.807, 2.05) is 0 Å². The van der Waals surface area contributed by atoms with Gasteiger partial charge in [0, 0.05) is 0 Å². The van der Waals surface area contributed by atoms with E-state index in [-0.39, 0.29) is 24.8 Å². The van der Waals surface area contributed by atoms with E-state index in [2.05, 4.69) is 34.9 Å². The summed E-state index contributed by atoms with van der Waals surface area (Å²) in [6, 6.07) is 0. The second kappa shape index (κ2) is 7.57. The average Bonchev–Trinajstić information content (AvgIpc) is 2.12. The predicted octanol–water partition coefficient (Wildman–Crippen LogP) is 2.12. The van der Waals surface area contributed by atoms with Gasteiger partial charge in [-0.2, -0.15) is 0 Å². The Morgan fingerprint density at radius 2 is 1.12 bits per heavy atom. The molecule has 0 bridgehead atoms.